The maximum absolute atomic E-state index is 4.93. The average molecular weight is 489 g/mol. The molecular formula is C22H34Cl2SiZr. The summed E-state index contributed by atoms with van der Waals surface area (Å²) in [7, 11) is 8.21. The predicted molar refractivity (Wildman–Crippen MR) is 116 cm³/mol. The first-order valence-corrected chi connectivity index (χ1v) is 18.5. The molecule has 0 bridgehead atoms. The number of rotatable bonds is 2. The van der Waals surface area contributed by atoms with Gasteiger partial charge in [0.1, 0.15) is 0 Å². The van der Waals surface area contributed by atoms with Crippen LogP contribution in [0.3, 0.4) is 0 Å². The van der Waals surface area contributed by atoms with Crippen molar-refractivity contribution in [1.29, 1.82) is 0 Å². The van der Waals surface area contributed by atoms with Gasteiger partial charge in [-0.3, -0.25) is 0 Å². The first kappa shape index (κ1) is 25.7. The van der Waals surface area contributed by atoms with Crippen LogP contribution in [0.25, 0.3) is 0 Å². The molecule has 0 N–H and O–H groups in total. The molecule has 0 amide bonds. The van der Waals surface area contributed by atoms with Crippen LogP contribution < -0.4 is 0 Å². The normalized spacial score (nSPS) is 23.4. The van der Waals surface area contributed by atoms with Crippen molar-refractivity contribution in [3.05, 3.63) is 60.4 Å². The van der Waals surface area contributed by atoms with Gasteiger partial charge in [-0.25, -0.2) is 0 Å². The zero-order valence-corrected chi connectivity index (χ0v) is 23.0. The molecule has 2 aliphatic carbocycles. The second kappa shape index (κ2) is 9.66. The molecule has 26 heavy (non-hydrogen) atoms. The molecule has 4 heteroatoms. The molecule has 0 heterocycles. The summed E-state index contributed by atoms with van der Waals surface area (Å²) in [6.07, 6.45) is 9.80. The summed E-state index contributed by atoms with van der Waals surface area (Å²) in [5.74, 6) is 5.91. The third kappa shape index (κ3) is 6.34. The fourth-order valence-electron chi connectivity index (χ4n) is 3.60. The Bertz CT molecular complexity index is 400. The van der Waals surface area contributed by atoms with Crippen LogP contribution in [-0.2, 0) is 20.8 Å². The first-order valence-electron chi connectivity index (χ1n) is 9.19. The molecule has 0 atom stereocenters. The summed E-state index contributed by atoms with van der Waals surface area (Å²) in [5.41, 5.74) is 3.67. The van der Waals surface area contributed by atoms with Crippen molar-refractivity contribution >= 4 is 25.1 Å². The van der Waals surface area contributed by atoms with Crippen LogP contribution in [0.4, 0.5) is 0 Å². The van der Waals surface area contributed by atoms with Crippen molar-refractivity contribution < 1.29 is 20.8 Å². The summed E-state index contributed by atoms with van der Waals surface area (Å²) in [5, 5.41) is 0. The number of hydrogen-bond donors (Lipinski definition) is 0. The van der Waals surface area contributed by atoms with Crippen LogP contribution in [0.1, 0.15) is 55.4 Å². The molecule has 0 aromatic rings. The molecule has 0 unspecified atom stereocenters. The number of halogens is 2. The van der Waals surface area contributed by atoms with Gasteiger partial charge < -0.3 is 0 Å². The van der Waals surface area contributed by atoms with Crippen molar-refractivity contribution in [2.45, 2.75) is 68.5 Å². The maximum atomic E-state index is 4.93. The average Bonchev–Trinajstić information content (AvgIpc) is 3.02. The van der Waals surface area contributed by atoms with Gasteiger partial charge >= 0.3 is 37.9 Å². The minimum atomic E-state index is -1.66. The summed E-state index contributed by atoms with van der Waals surface area (Å²) < 4.78 is 0. The summed E-state index contributed by atoms with van der Waals surface area (Å²) in [6.45, 7) is 23.5. The molecular weight excluding hydrogens is 454 g/mol. The first-order chi connectivity index (χ1) is 11.7. The number of hydrogen-bond acceptors (Lipinski definition) is 0. The van der Waals surface area contributed by atoms with Crippen LogP contribution >= 0.6 is 17.0 Å². The fraction of sp³-hybridized carbons (Fsp3) is 0.545. The van der Waals surface area contributed by atoms with Gasteiger partial charge in [-0.2, -0.15) is 0 Å². The third-order valence-corrected chi connectivity index (χ3v) is 9.04. The fourth-order valence-corrected chi connectivity index (χ4v) is 7.04. The Labute approximate surface area is 184 Å². The van der Waals surface area contributed by atoms with E-state index in [4.69, 9.17) is 17.0 Å². The van der Waals surface area contributed by atoms with Crippen molar-refractivity contribution in [3.63, 3.8) is 0 Å². The molecule has 0 aliphatic heterocycles. The molecule has 144 valence electrons. The predicted octanol–water partition coefficient (Wildman–Crippen LogP) is 7.57. The Balaban J connectivity index is 0.00000105. The van der Waals surface area contributed by atoms with E-state index in [9.17, 15) is 0 Å². The van der Waals surface area contributed by atoms with Crippen LogP contribution in [0, 0.1) is 71.3 Å². The van der Waals surface area contributed by atoms with E-state index in [1.165, 1.54) is 23.7 Å². The quantitative estimate of drug-likeness (QED) is 0.352. The van der Waals surface area contributed by atoms with Crippen molar-refractivity contribution in [1.82, 2.24) is 0 Å². The zero-order chi connectivity index (χ0) is 20.5. The van der Waals surface area contributed by atoms with E-state index in [1.54, 1.807) is 11.1 Å². The van der Waals surface area contributed by atoms with E-state index in [-0.39, 0.29) is 10.8 Å². The van der Waals surface area contributed by atoms with E-state index < -0.39 is 28.9 Å². The van der Waals surface area contributed by atoms with Crippen LogP contribution in [0.2, 0.25) is 13.1 Å². The van der Waals surface area contributed by atoms with E-state index in [2.05, 4.69) is 94.2 Å². The summed E-state index contributed by atoms with van der Waals surface area (Å²) in [4.78, 5) is 0. The van der Waals surface area contributed by atoms with Crippen molar-refractivity contribution in [2.75, 3.05) is 0 Å². The zero-order valence-electron chi connectivity index (χ0n) is 18.1. The Morgan fingerprint density at radius 3 is 1.15 bits per heavy atom. The molecule has 2 fully saturated rings. The molecule has 2 aliphatic rings. The molecule has 0 nitrogen and oxygen atoms in total. The summed E-state index contributed by atoms with van der Waals surface area (Å²) >= 11 is -0.826. The monoisotopic (exact) mass is 486 g/mol. The molecule has 2 rings (SSSR count). The molecule has 0 aromatic heterocycles. The van der Waals surface area contributed by atoms with Crippen molar-refractivity contribution in [3.8, 4) is 0 Å². The van der Waals surface area contributed by atoms with E-state index in [0.29, 0.717) is 0 Å². The van der Waals surface area contributed by atoms with E-state index in [0.717, 1.165) is 0 Å². The van der Waals surface area contributed by atoms with Crippen molar-refractivity contribution in [2.24, 2.45) is 10.8 Å². The molecule has 10 radical (unpaired) electrons. The Morgan fingerprint density at radius 1 is 0.692 bits per heavy atom. The second-order valence-electron chi connectivity index (χ2n) is 9.88. The molecule has 2 saturated carbocycles. The summed E-state index contributed by atoms with van der Waals surface area (Å²) in [6, 6.07) is 0. The molecule has 0 saturated heterocycles. The minimum absolute atomic E-state index is 0.227. The van der Waals surface area contributed by atoms with E-state index >= 15 is 0 Å². The van der Waals surface area contributed by atoms with Gasteiger partial charge in [0, 0.05) is 0 Å². The van der Waals surface area contributed by atoms with Crippen LogP contribution in [0.15, 0.2) is 0 Å². The third-order valence-electron chi connectivity index (χ3n) is 5.27. The molecule has 0 spiro atoms. The van der Waals surface area contributed by atoms with Gasteiger partial charge in [0.25, 0.3) is 0 Å². The van der Waals surface area contributed by atoms with Crippen LogP contribution in [-0.4, -0.2) is 8.07 Å². The Morgan fingerprint density at radius 2 is 0.962 bits per heavy atom. The van der Waals surface area contributed by atoms with Gasteiger partial charge in [0.15, 0.2) is 0 Å². The van der Waals surface area contributed by atoms with Gasteiger partial charge in [-0.05, 0) is 71.3 Å². The SMILES string of the molecule is C[C]1[CH][C](C(C)(C)C)[CH][C]1[Si](C)(C)[C]1[CH][C](C(C)(C)C)[CH][C]1C.[Cl][Zr][Cl]. The van der Waals surface area contributed by atoms with Gasteiger partial charge in [0.05, 0.1) is 8.07 Å². The van der Waals surface area contributed by atoms with E-state index in [1.807, 2.05) is 0 Å². The van der Waals surface area contributed by atoms with Gasteiger partial charge in [-0.15, -0.1) is 0 Å². The van der Waals surface area contributed by atoms with Gasteiger partial charge in [0.2, 0.25) is 0 Å². The topological polar surface area (TPSA) is 0 Å². The van der Waals surface area contributed by atoms with Crippen LogP contribution in [0.5, 0.6) is 0 Å². The van der Waals surface area contributed by atoms with Gasteiger partial charge in [-0.1, -0.05) is 68.5 Å². The Kier molecular flexibility index (Phi) is 9.55. The standard InChI is InChI=1S/C22H34Si.2ClH.Zr/c1-15-11-17(21(3,4)5)13-19(15)23(9,10)20-14-18(12-16(20)2)22(6,7)8;;;/h11-14H,1-10H3;2*1H;/q;;;+2/p-2. The molecule has 0 aromatic carbocycles. The Hall–Kier alpha value is 1.68. The second-order valence-corrected chi connectivity index (χ2v) is 17.9.